The topological polar surface area (TPSA) is 37.3 Å². The normalized spacial score (nSPS) is 29.1. The molecule has 0 amide bonds. The van der Waals surface area contributed by atoms with Crippen molar-refractivity contribution in [3.8, 4) is 0 Å². The third kappa shape index (κ3) is 2.26. The van der Waals surface area contributed by atoms with Gasteiger partial charge in [-0.2, -0.15) is 13.2 Å². The molecule has 5 heteroatoms. The molecule has 0 bridgehead atoms. The lowest BCUT2D eigenvalue weighted by molar-refractivity contribution is -0.188. The maximum atomic E-state index is 13.2. The van der Waals surface area contributed by atoms with Crippen LogP contribution >= 0.6 is 0 Å². The molecule has 0 fully saturated rings. The summed E-state index contributed by atoms with van der Waals surface area (Å²) in [4.78, 5) is 11.7. The average molecular weight is 296 g/mol. The highest BCUT2D eigenvalue weighted by Gasteiger charge is 2.54. The van der Waals surface area contributed by atoms with Crippen LogP contribution in [-0.4, -0.2) is 17.3 Å². The summed E-state index contributed by atoms with van der Waals surface area (Å²) in [5.41, 5.74) is -3.29. The van der Waals surface area contributed by atoms with Crippen LogP contribution in [0.15, 0.2) is 54.1 Å². The van der Waals surface area contributed by atoms with E-state index in [-0.39, 0.29) is 5.57 Å². The monoisotopic (exact) mass is 296 g/mol. The lowest BCUT2D eigenvalue weighted by Crippen LogP contribution is -2.42. The molecular formula is C16H15F3O2. The first-order chi connectivity index (χ1) is 9.63. The molecule has 1 aromatic rings. The second kappa shape index (κ2) is 4.76. The number of carboxylic acids is 1. The van der Waals surface area contributed by atoms with Crippen LogP contribution in [0.25, 0.3) is 0 Å². The molecule has 0 spiro atoms. The van der Waals surface area contributed by atoms with Gasteiger partial charge < -0.3 is 5.11 Å². The number of hydrogen-bond donors (Lipinski definition) is 1. The number of allylic oxidation sites excluding steroid dienone is 2. The fourth-order valence-corrected chi connectivity index (χ4v) is 2.44. The van der Waals surface area contributed by atoms with E-state index in [1.165, 1.54) is 13.0 Å². The zero-order valence-corrected chi connectivity index (χ0v) is 11.6. The van der Waals surface area contributed by atoms with Crippen LogP contribution in [0.5, 0.6) is 0 Å². The molecular weight excluding hydrogens is 281 g/mol. The van der Waals surface area contributed by atoms with Gasteiger partial charge in [0.25, 0.3) is 0 Å². The van der Waals surface area contributed by atoms with Gasteiger partial charge in [0.15, 0.2) is 0 Å². The van der Waals surface area contributed by atoms with Gasteiger partial charge in [0.2, 0.25) is 0 Å². The van der Waals surface area contributed by atoms with E-state index in [0.717, 1.165) is 19.1 Å². The quantitative estimate of drug-likeness (QED) is 0.834. The van der Waals surface area contributed by atoms with Gasteiger partial charge in [-0.1, -0.05) is 54.1 Å². The lowest BCUT2D eigenvalue weighted by Gasteiger charge is -2.37. The number of aliphatic carboxylic acids is 1. The Labute approximate surface area is 120 Å². The van der Waals surface area contributed by atoms with Crippen LogP contribution in [0.3, 0.4) is 0 Å². The van der Waals surface area contributed by atoms with Crippen molar-refractivity contribution in [2.45, 2.75) is 25.4 Å². The molecule has 0 aliphatic heterocycles. The number of carbonyl (C=O) groups is 1. The highest BCUT2D eigenvalue weighted by molar-refractivity contribution is 5.87. The predicted molar refractivity (Wildman–Crippen MR) is 72.8 cm³/mol. The number of alkyl halides is 3. The van der Waals surface area contributed by atoms with E-state index in [9.17, 15) is 23.1 Å². The summed E-state index contributed by atoms with van der Waals surface area (Å²) in [5, 5.41) is 9.56. The summed E-state index contributed by atoms with van der Waals surface area (Å²) in [6.45, 7) is 2.36. The van der Waals surface area contributed by atoms with Gasteiger partial charge in [-0.3, -0.25) is 4.79 Å². The van der Waals surface area contributed by atoms with Gasteiger partial charge in [0.05, 0.1) is 0 Å². The Kier molecular flexibility index (Phi) is 3.48. The van der Waals surface area contributed by atoms with Crippen molar-refractivity contribution in [2.75, 3.05) is 0 Å². The highest BCUT2D eigenvalue weighted by Crippen LogP contribution is 2.50. The third-order valence-electron chi connectivity index (χ3n) is 4.14. The third-order valence-corrected chi connectivity index (χ3v) is 4.14. The molecule has 21 heavy (non-hydrogen) atoms. The summed E-state index contributed by atoms with van der Waals surface area (Å²) in [6, 6.07) is 8.24. The SMILES string of the molecule is CC1=CC(C(=O)O)(c2ccccc2)C=CC1(C)C(F)(F)F. The van der Waals surface area contributed by atoms with Gasteiger partial charge in [0.1, 0.15) is 10.8 Å². The minimum atomic E-state index is -4.47. The molecule has 112 valence electrons. The zero-order valence-electron chi connectivity index (χ0n) is 11.6. The van der Waals surface area contributed by atoms with Crippen molar-refractivity contribution >= 4 is 5.97 Å². The van der Waals surface area contributed by atoms with Crippen LogP contribution in [0.2, 0.25) is 0 Å². The van der Waals surface area contributed by atoms with Crippen LogP contribution in [0, 0.1) is 5.41 Å². The van der Waals surface area contributed by atoms with Crippen LogP contribution < -0.4 is 0 Å². The van der Waals surface area contributed by atoms with Crippen LogP contribution in [0.4, 0.5) is 13.2 Å². The number of hydrogen-bond acceptors (Lipinski definition) is 1. The Morgan fingerprint density at radius 1 is 1.14 bits per heavy atom. The fraction of sp³-hybridized carbons (Fsp3) is 0.312. The molecule has 2 unspecified atom stereocenters. The smallest absolute Gasteiger partial charge is 0.401 e. The van der Waals surface area contributed by atoms with Crippen molar-refractivity contribution < 1.29 is 23.1 Å². The van der Waals surface area contributed by atoms with Gasteiger partial charge in [-0.15, -0.1) is 0 Å². The fourth-order valence-electron chi connectivity index (χ4n) is 2.44. The Hall–Kier alpha value is -2.04. The summed E-state index contributed by atoms with van der Waals surface area (Å²) in [6.07, 6.45) is -1.20. The van der Waals surface area contributed by atoms with E-state index in [2.05, 4.69) is 0 Å². The van der Waals surface area contributed by atoms with Crippen molar-refractivity contribution in [3.63, 3.8) is 0 Å². The minimum Gasteiger partial charge on any atom is -0.480 e. The molecule has 2 atom stereocenters. The Morgan fingerprint density at radius 2 is 1.71 bits per heavy atom. The molecule has 1 N–H and O–H groups in total. The molecule has 0 aromatic heterocycles. The van der Waals surface area contributed by atoms with E-state index < -0.39 is 23.0 Å². The van der Waals surface area contributed by atoms with Crippen LogP contribution in [-0.2, 0) is 10.2 Å². The predicted octanol–water partition coefficient (Wildman–Crippen LogP) is 4.09. The van der Waals surface area contributed by atoms with Crippen molar-refractivity contribution in [2.24, 2.45) is 5.41 Å². The van der Waals surface area contributed by atoms with Crippen molar-refractivity contribution in [3.05, 3.63) is 59.7 Å². The summed E-state index contributed by atoms with van der Waals surface area (Å²) < 4.78 is 39.6. The number of rotatable bonds is 2. The highest BCUT2D eigenvalue weighted by atomic mass is 19.4. The molecule has 1 aromatic carbocycles. The largest absolute Gasteiger partial charge is 0.480 e. The molecule has 0 saturated carbocycles. The maximum absolute atomic E-state index is 13.2. The molecule has 0 radical (unpaired) electrons. The molecule has 1 aliphatic rings. The maximum Gasteiger partial charge on any atom is 0.401 e. The zero-order chi connectivity index (χ0) is 15.9. The Morgan fingerprint density at radius 3 is 2.14 bits per heavy atom. The number of benzene rings is 1. The van der Waals surface area contributed by atoms with E-state index >= 15 is 0 Å². The number of halogens is 3. The first-order valence-corrected chi connectivity index (χ1v) is 6.39. The molecule has 0 saturated heterocycles. The summed E-state index contributed by atoms with van der Waals surface area (Å²) in [7, 11) is 0. The lowest BCUT2D eigenvalue weighted by atomic mass is 9.68. The van der Waals surface area contributed by atoms with E-state index in [1.54, 1.807) is 30.3 Å². The first-order valence-electron chi connectivity index (χ1n) is 6.39. The Balaban J connectivity index is 2.61. The van der Waals surface area contributed by atoms with Crippen LogP contribution in [0.1, 0.15) is 19.4 Å². The summed E-state index contributed by atoms with van der Waals surface area (Å²) >= 11 is 0. The molecule has 2 rings (SSSR count). The van der Waals surface area contributed by atoms with Crippen molar-refractivity contribution in [1.29, 1.82) is 0 Å². The Bertz CT molecular complexity index is 616. The average Bonchev–Trinajstić information content (AvgIpc) is 2.41. The summed E-state index contributed by atoms with van der Waals surface area (Å²) in [5.74, 6) is -1.20. The van der Waals surface area contributed by atoms with Crippen molar-refractivity contribution in [1.82, 2.24) is 0 Å². The first kappa shape index (κ1) is 15.4. The second-order valence-corrected chi connectivity index (χ2v) is 5.40. The molecule has 0 heterocycles. The number of carboxylic acid groups (broad SMARTS) is 1. The van der Waals surface area contributed by atoms with Gasteiger partial charge in [-0.05, 0) is 19.4 Å². The van der Waals surface area contributed by atoms with Gasteiger partial charge >= 0.3 is 12.1 Å². The van der Waals surface area contributed by atoms with Gasteiger partial charge in [-0.25, -0.2) is 0 Å². The van der Waals surface area contributed by atoms with E-state index in [1.807, 2.05) is 0 Å². The molecule has 2 nitrogen and oxygen atoms in total. The van der Waals surface area contributed by atoms with E-state index in [4.69, 9.17) is 0 Å². The standard InChI is InChI=1S/C16H15F3O2/c1-11-10-15(13(20)21,12-6-4-3-5-7-12)9-8-14(11,2)16(17,18)19/h3-10H,1-2H3,(H,20,21). The van der Waals surface area contributed by atoms with Gasteiger partial charge in [0, 0.05) is 0 Å². The molecule has 1 aliphatic carbocycles. The van der Waals surface area contributed by atoms with E-state index in [0.29, 0.717) is 5.56 Å². The minimum absolute atomic E-state index is 0.0243. The second-order valence-electron chi connectivity index (χ2n) is 5.40.